The highest BCUT2D eigenvalue weighted by Crippen LogP contribution is 2.23. The first-order valence-corrected chi connectivity index (χ1v) is 5.65. The molecule has 0 fully saturated rings. The Labute approximate surface area is 111 Å². The van der Waals surface area contributed by atoms with Gasteiger partial charge in [0.1, 0.15) is 11.2 Å². The van der Waals surface area contributed by atoms with Gasteiger partial charge in [-0.05, 0) is 26.8 Å². The van der Waals surface area contributed by atoms with Crippen LogP contribution in [0.15, 0.2) is 12.3 Å². The maximum Gasteiger partial charge on any atom is 0.345 e. The van der Waals surface area contributed by atoms with Crippen molar-refractivity contribution in [3.05, 3.63) is 23.4 Å². The van der Waals surface area contributed by atoms with E-state index in [0.29, 0.717) is 0 Å². The molecule has 104 valence electrons. The summed E-state index contributed by atoms with van der Waals surface area (Å²) in [7, 11) is 2.59. The number of carbonyl (C=O) groups is 2. The van der Waals surface area contributed by atoms with Gasteiger partial charge in [0.05, 0.1) is 19.8 Å². The summed E-state index contributed by atoms with van der Waals surface area (Å²) >= 11 is 0. The number of hydrogen-bond donors (Lipinski definition) is 0. The van der Waals surface area contributed by atoms with Gasteiger partial charge >= 0.3 is 11.9 Å². The van der Waals surface area contributed by atoms with E-state index in [1.165, 1.54) is 26.5 Å². The minimum atomic E-state index is -0.689. The van der Waals surface area contributed by atoms with Gasteiger partial charge in [0, 0.05) is 6.20 Å². The number of rotatable bonds is 3. The van der Waals surface area contributed by atoms with Crippen molar-refractivity contribution < 1.29 is 23.8 Å². The number of ether oxygens (including phenoxy) is 3. The summed E-state index contributed by atoms with van der Waals surface area (Å²) in [5, 5.41) is 0. The number of nitrogens with zero attached hydrogens (tertiary/aromatic N) is 1. The molecule has 0 spiro atoms. The minimum Gasteiger partial charge on any atom is -0.480 e. The number of hydrogen-bond acceptors (Lipinski definition) is 6. The average Bonchev–Trinajstić information content (AvgIpc) is 2.34. The van der Waals surface area contributed by atoms with Crippen molar-refractivity contribution in [2.75, 3.05) is 14.2 Å². The Kier molecular flexibility index (Phi) is 4.47. The Hall–Kier alpha value is -2.11. The molecule has 0 bridgehead atoms. The lowest BCUT2D eigenvalue weighted by atomic mass is 10.1. The van der Waals surface area contributed by atoms with Gasteiger partial charge in [-0.25, -0.2) is 14.6 Å². The second-order valence-corrected chi connectivity index (χ2v) is 4.74. The van der Waals surface area contributed by atoms with Crippen molar-refractivity contribution in [2.24, 2.45) is 0 Å². The van der Waals surface area contributed by atoms with E-state index >= 15 is 0 Å². The third-order valence-corrected chi connectivity index (χ3v) is 2.12. The van der Waals surface area contributed by atoms with Gasteiger partial charge in [-0.2, -0.15) is 0 Å². The predicted octanol–water partition coefficient (Wildman–Crippen LogP) is 1.83. The second-order valence-electron chi connectivity index (χ2n) is 4.74. The van der Waals surface area contributed by atoms with Crippen LogP contribution in [0.4, 0.5) is 0 Å². The maximum absolute atomic E-state index is 12.1. The van der Waals surface area contributed by atoms with Crippen LogP contribution in [0, 0.1) is 0 Å². The molecule has 0 aromatic carbocycles. The van der Waals surface area contributed by atoms with Crippen molar-refractivity contribution in [1.29, 1.82) is 0 Å². The van der Waals surface area contributed by atoms with Crippen molar-refractivity contribution in [3.8, 4) is 5.88 Å². The fraction of sp³-hybridized carbons (Fsp3) is 0.462. The Balaban J connectivity index is 3.29. The molecule has 0 atom stereocenters. The summed E-state index contributed by atoms with van der Waals surface area (Å²) in [6, 6.07) is 1.38. The third-order valence-electron chi connectivity index (χ3n) is 2.12. The highest BCUT2D eigenvalue weighted by molar-refractivity contribution is 6.04. The van der Waals surface area contributed by atoms with Crippen LogP contribution in [0.2, 0.25) is 0 Å². The third kappa shape index (κ3) is 3.67. The first kappa shape index (κ1) is 14.9. The first-order chi connectivity index (χ1) is 8.80. The van der Waals surface area contributed by atoms with E-state index in [2.05, 4.69) is 9.72 Å². The van der Waals surface area contributed by atoms with E-state index in [-0.39, 0.29) is 17.0 Å². The van der Waals surface area contributed by atoms with Crippen LogP contribution in [0.1, 0.15) is 41.5 Å². The van der Waals surface area contributed by atoms with E-state index in [1.54, 1.807) is 20.8 Å². The molecule has 19 heavy (non-hydrogen) atoms. The predicted molar refractivity (Wildman–Crippen MR) is 67.3 cm³/mol. The summed E-state index contributed by atoms with van der Waals surface area (Å²) in [4.78, 5) is 27.7. The molecule has 0 N–H and O–H groups in total. The first-order valence-electron chi connectivity index (χ1n) is 5.65. The number of methoxy groups -OCH3 is 2. The summed E-state index contributed by atoms with van der Waals surface area (Å²) in [6.45, 7) is 5.18. The van der Waals surface area contributed by atoms with Crippen molar-refractivity contribution in [2.45, 2.75) is 26.4 Å². The molecule has 0 saturated carbocycles. The summed E-state index contributed by atoms with van der Waals surface area (Å²) < 4.78 is 14.9. The molecule has 0 amide bonds. The number of esters is 2. The van der Waals surface area contributed by atoms with E-state index in [0.717, 1.165) is 0 Å². The van der Waals surface area contributed by atoms with E-state index in [4.69, 9.17) is 9.47 Å². The number of aromatic nitrogens is 1. The summed E-state index contributed by atoms with van der Waals surface area (Å²) in [6.07, 6.45) is 1.36. The Morgan fingerprint density at radius 2 is 1.79 bits per heavy atom. The zero-order valence-corrected chi connectivity index (χ0v) is 11.6. The molecular formula is C13H17NO5. The lowest BCUT2D eigenvalue weighted by Gasteiger charge is -2.20. The smallest absolute Gasteiger partial charge is 0.345 e. The van der Waals surface area contributed by atoms with E-state index in [9.17, 15) is 9.59 Å². The summed E-state index contributed by atoms with van der Waals surface area (Å²) in [5.74, 6) is -1.31. The molecule has 1 rings (SSSR count). The van der Waals surface area contributed by atoms with Gasteiger partial charge in [0.2, 0.25) is 5.88 Å². The van der Waals surface area contributed by atoms with Crippen LogP contribution >= 0.6 is 0 Å². The van der Waals surface area contributed by atoms with Crippen LogP contribution in [-0.4, -0.2) is 36.7 Å². The molecule has 0 radical (unpaired) electrons. The molecule has 0 aliphatic rings. The number of pyridine rings is 1. The van der Waals surface area contributed by atoms with Crippen LogP contribution < -0.4 is 4.74 Å². The van der Waals surface area contributed by atoms with Crippen LogP contribution in [0.25, 0.3) is 0 Å². The highest BCUT2D eigenvalue weighted by Gasteiger charge is 2.27. The highest BCUT2D eigenvalue weighted by atomic mass is 16.6. The van der Waals surface area contributed by atoms with Gasteiger partial charge < -0.3 is 14.2 Å². The Morgan fingerprint density at radius 3 is 2.26 bits per heavy atom. The average molecular weight is 267 g/mol. The monoisotopic (exact) mass is 267 g/mol. The zero-order chi connectivity index (χ0) is 14.6. The molecule has 6 heteroatoms. The SMILES string of the molecule is COC(=O)c1ccnc(OC)c1C(=O)OC(C)(C)C. The van der Waals surface area contributed by atoms with Gasteiger partial charge in [-0.15, -0.1) is 0 Å². The van der Waals surface area contributed by atoms with Gasteiger partial charge in [0.15, 0.2) is 0 Å². The second kappa shape index (κ2) is 5.69. The Bertz CT molecular complexity index is 490. The van der Waals surface area contributed by atoms with Crippen molar-refractivity contribution in [1.82, 2.24) is 4.98 Å². The lowest BCUT2D eigenvalue weighted by molar-refractivity contribution is 0.00612. The van der Waals surface area contributed by atoms with E-state index in [1.807, 2.05) is 0 Å². The van der Waals surface area contributed by atoms with Gasteiger partial charge in [0.25, 0.3) is 0 Å². The maximum atomic E-state index is 12.1. The molecule has 1 aromatic rings. The molecule has 6 nitrogen and oxygen atoms in total. The molecule has 1 aromatic heterocycles. The summed E-state index contributed by atoms with van der Waals surface area (Å²) in [5.41, 5.74) is -0.666. The quantitative estimate of drug-likeness (QED) is 0.778. The Morgan fingerprint density at radius 1 is 1.16 bits per heavy atom. The van der Waals surface area contributed by atoms with Crippen LogP contribution in [0.5, 0.6) is 5.88 Å². The van der Waals surface area contributed by atoms with Crippen molar-refractivity contribution in [3.63, 3.8) is 0 Å². The van der Waals surface area contributed by atoms with E-state index < -0.39 is 17.5 Å². The standard InChI is InChI=1S/C13H17NO5/c1-13(2,3)19-12(16)9-8(11(15)18-5)6-7-14-10(9)17-4/h6-7H,1-5H3. The van der Waals surface area contributed by atoms with Crippen LogP contribution in [-0.2, 0) is 9.47 Å². The topological polar surface area (TPSA) is 74.7 Å². The molecule has 1 heterocycles. The molecule has 0 saturated heterocycles. The lowest BCUT2D eigenvalue weighted by Crippen LogP contribution is -2.26. The number of carbonyl (C=O) groups excluding carboxylic acids is 2. The van der Waals surface area contributed by atoms with Gasteiger partial charge in [-0.1, -0.05) is 0 Å². The molecule has 0 aliphatic heterocycles. The molecule has 0 unspecified atom stereocenters. The van der Waals surface area contributed by atoms with Crippen molar-refractivity contribution >= 4 is 11.9 Å². The molecule has 0 aliphatic carbocycles. The van der Waals surface area contributed by atoms with Crippen LogP contribution in [0.3, 0.4) is 0 Å². The minimum absolute atomic E-state index is 0.0251. The fourth-order valence-corrected chi connectivity index (χ4v) is 1.40. The fourth-order valence-electron chi connectivity index (χ4n) is 1.40. The van der Waals surface area contributed by atoms with Gasteiger partial charge in [-0.3, -0.25) is 0 Å². The zero-order valence-electron chi connectivity index (χ0n) is 11.6. The largest absolute Gasteiger partial charge is 0.480 e. The normalized spacial score (nSPS) is 10.8. The molecular weight excluding hydrogens is 250 g/mol.